The summed E-state index contributed by atoms with van der Waals surface area (Å²) in [6.45, 7) is 6.99. The van der Waals surface area contributed by atoms with Crippen LogP contribution in [0, 0.1) is 31.3 Å². The number of aromatic carboxylic acids is 1. The first-order valence-corrected chi connectivity index (χ1v) is 44.2. The standard InChI is InChI=1S/C26H21F6N5O4S.C25H17F6N5O4S.C20H12F6IN3O3S.C7H11N3O2.C5H6N2O2/c1-14-11-22(36-35-14)24(2,38)16-4-9-19-20(12-16)37(13-15-3-10-21(25(27,28)29)34-23(15)33-19)42(39,40)18-7-5-17(6-8-18)41-26(30,31)32;1-13-10-19(35-34-13)22(37)14-2-8-18-20(11-14)36(12-15-3-9-21(24(26,27)28)33-23(15)32-18)41(38,39)17-6-4-16(5-7-17)40-25(29,30)31;21-19(22,23)17-8-1-11-10-30(16-9-12(27)2-7-15(16)28-18(11)29-17)34(31,32)14-5-3-13(4-6-14)33-20(24,25)26;1-5-4-6(9-8-5)7(11)10(2)12-3;1-3-2-4(5(8)9)7-6-3/h3-12,38H,13H2,1-2H3,(H,33,34)(H,35,36);2-11H,12H2,1H3,(H,32,33)(H,34,35);1-9H,10H2,(H,28,29);4H,1-3H3,(H,8,9);2H,1H3,(H,6,7)(H,8,9). The Kier molecular flexibility index (Phi) is 29.3. The molecule has 10 heterocycles. The van der Waals surface area contributed by atoms with Crippen molar-refractivity contribution in [1.82, 2.24) is 60.8 Å². The van der Waals surface area contributed by atoms with Crippen LogP contribution in [0.15, 0.2) is 203 Å². The summed E-state index contributed by atoms with van der Waals surface area (Å²) >= 11 is 1.95. The summed E-state index contributed by atoms with van der Waals surface area (Å²) in [5.41, 5.74) is -1.09. The zero-order valence-corrected chi connectivity index (χ0v) is 75.7. The average molecular weight is 2120 g/mol. The summed E-state index contributed by atoms with van der Waals surface area (Å²) in [5, 5.41) is 54.8. The second kappa shape index (κ2) is 39.4. The Hall–Kier alpha value is -14.3. The number of hydrogen-bond donors (Lipinski definition) is 9. The number of ether oxygens (including phenoxy) is 3. The highest BCUT2D eigenvalue weighted by Gasteiger charge is 2.43. The Morgan fingerprint density at radius 1 is 0.406 bits per heavy atom. The van der Waals surface area contributed by atoms with Gasteiger partial charge in [0.2, 0.25) is 5.78 Å². The van der Waals surface area contributed by atoms with Gasteiger partial charge < -0.3 is 40.4 Å². The Morgan fingerprint density at radius 3 is 1.05 bits per heavy atom. The van der Waals surface area contributed by atoms with Crippen molar-refractivity contribution in [2.75, 3.05) is 43.0 Å². The van der Waals surface area contributed by atoms with Crippen molar-refractivity contribution in [2.45, 2.75) is 112 Å². The molecule has 3 aliphatic heterocycles. The quantitative estimate of drug-likeness (QED) is 0.0188. The summed E-state index contributed by atoms with van der Waals surface area (Å²) in [4.78, 5) is 48.9. The fourth-order valence-corrected chi connectivity index (χ4v) is 17.8. The predicted octanol–water partition coefficient (Wildman–Crippen LogP) is 18.3. The van der Waals surface area contributed by atoms with Crippen LogP contribution in [-0.4, -0.2) is 147 Å². The van der Waals surface area contributed by atoms with Crippen molar-refractivity contribution < 1.29 is 148 Å². The van der Waals surface area contributed by atoms with E-state index in [1.54, 1.807) is 39.0 Å². The van der Waals surface area contributed by atoms with Gasteiger partial charge in [0.15, 0.2) is 11.4 Å². The molecule has 0 saturated carbocycles. The maximum atomic E-state index is 13.9. The van der Waals surface area contributed by atoms with Gasteiger partial charge in [-0.2, -0.15) is 59.9 Å². The maximum absolute atomic E-state index is 13.9. The van der Waals surface area contributed by atoms with E-state index in [4.69, 9.17) is 9.94 Å². The lowest BCUT2D eigenvalue weighted by atomic mass is 9.91. The van der Waals surface area contributed by atoms with Crippen molar-refractivity contribution in [3.63, 3.8) is 0 Å². The van der Waals surface area contributed by atoms with Crippen LogP contribution in [0.4, 0.5) is 131 Å². The third kappa shape index (κ3) is 24.5. The fraction of sp³-hybridized carbons (Fsp3) is 0.205. The van der Waals surface area contributed by atoms with Gasteiger partial charge >= 0.3 is 43.6 Å². The molecule has 55 heteroatoms. The van der Waals surface area contributed by atoms with Crippen molar-refractivity contribution in [1.29, 1.82) is 0 Å². The lowest BCUT2D eigenvalue weighted by Gasteiger charge is -2.28. The Balaban J connectivity index is 0.000000168. The number of carbonyl (C=O) groups is 3. The summed E-state index contributed by atoms with van der Waals surface area (Å²) in [6.07, 6.45) is -29.2. The third-order valence-corrected chi connectivity index (χ3v) is 25.6. The largest absolute Gasteiger partial charge is 0.573 e. The van der Waals surface area contributed by atoms with Crippen LogP contribution in [0.3, 0.4) is 0 Å². The number of aryl methyl sites for hydroxylation is 4. The first-order chi connectivity index (χ1) is 64.1. The summed E-state index contributed by atoms with van der Waals surface area (Å²) in [7, 11) is -10.5. The number of pyridine rings is 3. The number of alkyl halides is 18. The van der Waals surface area contributed by atoms with Crippen molar-refractivity contribution in [2.24, 2.45) is 0 Å². The number of fused-ring (bicyclic) bond motifs is 6. The smallest absolute Gasteiger partial charge is 0.476 e. The number of anilines is 9. The number of amides is 1. The summed E-state index contributed by atoms with van der Waals surface area (Å²) in [5.74, 6) is -4.43. The number of H-pyrrole nitrogens is 4. The van der Waals surface area contributed by atoms with E-state index in [2.05, 4.69) is 85.9 Å². The van der Waals surface area contributed by atoms with Crippen LogP contribution in [0.25, 0.3) is 0 Å². The Morgan fingerprint density at radius 2 is 0.732 bits per heavy atom. The van der Waals surface area contributed by atoms with Gasteiger partial charge in [-0.3, -0.25) is 47.7 Å². The predicted molar refractivity (Wildman–Crippen MR) is 461 cm³/mol. The summed E-state index contributed by atoms with van der Waals surface area (Å²) < 4.78 is 330. The molecular formula is C83H67F18IN18O15S3. The third-order valence-electron chi connectivity index (χ3n) is 19.6. The topological polar surface area (TPSA) is 433 Å². The highest BCUT2D eigenvalue weighted by Crippen LogP contribution is 2.47. The molecule has 3 aliphatic rings. The van der Waals surface area contributed by atoms with Gasteiger partial charge in [0.25, 0.3) is 36.0 Å². The van der Waals surface area contributed by atoms with E-state index in [9.17, 15) is 124 Å². The zero-order chi connectivity index (χ0) is 101. The molecule has 33 nitrogen and oxygen atoms in total. The van der Waals surface area contributed by atoms with Crippen molar-refractivity contribution >= 4 is 122 Å². The van der Waals surface area contributed by atoms with Crippen molar-refractivity contribution in [3.05, 3.63) is 282 Å². The molecule has 0 saturated heterocycles. The number of carboxylic acid groups (broad SMARTS) is 1. The number of benzene rings is 6. The van der Waals surface area contributed by atoms with Gasteiger partial charge in [0.05, 0.1) is 81.2 Å². The number of halogens is 19. The molecule has 1 amide bonds. The SMILES string of the molecule is CON(C)C(=O)c1cc(C)[nH]n1.Cc1cc(C(=O)O)n[nH]1.Cc1cc(C(=O)c2ccc3c(c2)N(S(=O)(=O)c2ccc(OC(F)(F)F)cc2)Cc2ccc(C(F)(F)F)nc2N3)n[nH]1.Cc1cc(C(C)(O)c2ccc3c(c2)N(S(=O)(=O)c2ccc(OC(F)(F)F)cc2)Cc2ccc(C(F)(F)F)nc2N3)n[nH]1.O=S(=O)(c1ccc(OC(F)(F)F)cc1)N1Cc2ccc(C(F)(F)F)nc2Nc2ccc(I)cc21. The molecule has 1 atom stereocenters. The highest BCUT2D eigenvalue weighted by atomic mass is 127. The Bertz CT molecular complexity index is 7090. The number of hydrogen-bond acceptors (Lipinski definition) is 24. The van der Waals surface area contributed by atoms with Crippen molar-refractivity contribution in [3.8, 4) is 17.2 Å². The minimum absolute atomic E-state index is 0.00549. The van der Waals surface area contributed by atoms with Gasteiger partial charge in [-0.1, -0.05) is 24.3 Å². The van der Waals surface area contributed by atoms with E-state index in [1.165, 1.54) is 81.7 Å². The molecule has 138 heavy (non-hydrogen) atoms. The number of aromatic nitrogens is 11. The van der Waals surface area contributed by atoms with E-state index in [0.717, 1.165) is 126 Å². The molecule has 6 aromatic carbocycles. The molecule has 7 aromatic heterocycles. The zero-order valence-electron chi connectivity index (χ0n) is 71.0. The molecule has 0 fully saturated rings. The number of nitrogens with zero attached hydrogens (tertiary/aromatic N) is 11. The number of hydroxylamine groups is 2. The number of aliphatic hydroxyl groups is 1. The fourth-order valence-electron chi connectivity index (χ4n) is 13.0. The number of ketones is 1. The van der Waals surface area contributed by atoms with Crippen LogP contribution >= 0.6 is 22.6 Å². The minimum atomic E-state index is -5.00. The van der Waals surface area contributed by atoms with E-state index in [0.29, 0.717) is 32.8 Å². The normalized spacial score (nSPS) is 13.6. The number of sulfonamides is 3. The van der Waals surface area contributed by atoms with Gasteiger partial charge in [-0.15, -0.1) is 39.5 Å². The number of carbonyl (C=O) groups excluding carboxylic acids is 2. The van der Waals surface area contributed by atoms with E-state index < -0.39 is 142 Å². The molecule has 0 bridgehead atoms. The lowest BCUT2D eigenvalue weighted by Crippen LogP contribution is -2.31. The first-order valence-electron chi connectivity index (χ1n) is 38.8. The maximum Gasteiger partial charge on any atom is 0.573 e. The van der Waals surface area contributed by atoms with Gasteiger partial charge in [-0.05, 0) is 227 Å². The number of nitrogens with one attached hydrogen (secondary N) is 7. The average Bonchev–Trinajstić information content (AvgIpc) is 1.59. The van der Waals surface area contributed by atoms with E-state index >= 15 is 0 Å². The minimum Gasteiger partial charge on any atom is -0.476 e. The van der Waals surface area contributed by atoms with Crippen LogP contribution < -0.4 is 43.1 Å². The lowest BCUT2D eigenvalue weighted by molar-refractivity contribution is -0.275. The monoisotopic (exact) mass is 2120 g/mol. The molecule has 0 aliphatic carbocycles. The highest BCUT2D eigenvalue weighted by molar-refractivity contribution is 14.1. The number of aromatic amines is 4. The summed E-state index contributed by atoms with van der Waals surface area (Å²) in [6, 6.07) is 34.8. The Labute approximate surface area is 780 Å². The molecule has 730 valence electrons. The van der Waals surface area contributed by atoms with Crippen LogP contribution in [0.1, 0.15) is 112 Å². The molecule has 0 radical (unpaired) electrons. The van der Waals surface area contributed by atoms with Crippen LogP contribution in [0.5, 0.6) is 17.2 Å². The molecule has 0 spiro atoms. The van der Waals surface area contributed by atoms with Gasteiger partial charge in [0, 0.05) is 55.6 Å². The van der Waals surface area contributed by atoms with Crippen LogP contribution in [0.2, 0.25) is 0 Å². The molecule has 9 N–H and O–H groups in total. The second-order valence-corrected chi connectivity index (χ2v) is 36.5. The molecular weight excluding hydrogens is 2050 g/mol. The number of rotatable bonds is 16. The van der Waals surface area contributed by atoms with Crippen LogP contribution in [-0.2, 0) is 78.7 Å². The van der Waals surface area contributed by atoms with E-state index in [-0.39, 0.29) is 114 Å². The molecule has 16 rings (SSSR count). The van der Waals surface area contributed by atoms with Gasteiger partial charge in [0.1, 0.15) is 63.1 Å². The van der Waals surface area contributed by atoms with E-state index in [1.807, 2.05) is 29.5 Å². The first kappa shape index (κ1) is 103. The van der Waals surface area contributed by atoms with Gasteiger partial charge in [-0.25, -0.2) is 50.1 Å². The number of carboxylic acids is 1. The molecule has 1 unspecified atom stereocenters. The second-order valence-electron chi connectivity index (χ2n) is 29.6. The molecule has 13 aromatic rings.